The van der Waals surface area contributed by atoms with Crippen molar-refractivity contribution in [2.75, 3.05) is 13.2 Å². The molecule has 4 unspecified atom stereocenters. The number of aromatic hydroxyl groups is 2. The Hall–Kier alpha value is -3.48. The molecule has 2 aliphatic heterocycles. The number of hydrogen-bond acceptors (Lipinski definition) is 14. The molecule has 2 saturated heterocycles. The normalized spacial score (nSPS) is 32.0. The maximum atomic E-state index is 11.5. The Bertz CT molecular complexity index is 1490. The summed E-state index contributed by atoms with van der Waals surface area (Å²) >= 11 is -0.931. The summed E-state index contributed by atoms with van der Waals surface area (Å²) in [6.45, 7) is -1.17. The van der Waals surface area contributed by atoms with Crippen molar-refractivity contribution in [1.29, 1.82) is 0 Å². The van der Waals surface area contributed by atoms with Crippen LogP contribution in [0.4, 0.5) is 0 Å². The number of ether oxygens (including phenoxy) is 2. The number of hydrogen-bond donors (Lipinski definition) is 8. The van der Waals surface area contributed by atoms with Crippen molar-refractivity contribution in [3.8, 4) is 34.0 Å². The van der Waals surface area contributed by atoms with Gasteiger partial charge in [0.25, 0.3) is 0 Å². The summed E-state index contributed by atoms with van der Waals surface area (Å²) in [5.74, 6) is 0.0434. The topological polar surface area (TPSA) is 242 Å². The van der Waals surface area contributed by atoms with E-state index in [1.54, 1.807) is 24.3 Å². The molecular weight excluding hydrogens is 659 g/mol. The molecule has 0 bridgehead atoms. The van der Waals surface area contributed by atoms with Gasteiger partial charge in [-0.3, -0.25) is 0 Å². The molecule has 2 aliphatic rings. The zero-order valence-electron chi connectivity index (χ0n) is 23.4. The molecule has 8 N–H and O–H groups in total. The molecule has 240 valence electrons. The standard InChI is InChI=1S/C28H32N6O10Se/c35-11-19-23(39)21(33-9-17(29-31-33)13-3-1-5-15(37)7-13)25(41)27(43-19)45-28-26(42)22(24(40)20(12-36)44-28)34-10-18(30-32-34)14-4-2-6-16(38)8-14/h1-10,19-28,35-42H,11-12H2/t19?,20?,21-,22?,23-,24-,25?,26+,27-,28-/m0/s1. The van der Waals surface area contributed by atoms with Gasteiger partial charge < -0.3 is 0 Å². The molecule has 45 heavy (non-hydrogen) atoms. The van der Waals surface area contributed by atoms with E-state index >= 15 is 0 Å². The van der Waals surface area contributed by atoms with Gasteiger partial charge in [0.2, 0.25) is 0 Å². The molecule has 2 aromatic carbocycles. The van der Waals surface area contributed by atoms with E-state index in [4.69, 9.17) is 9.47 Å². The Morgan fingerprint density at radius 2 is 1.07 bits per heavy atom. The van der Waals surface area contributed by atoms with Crippen LogP contribution in [0.1, 0.15) is 12.1 Å². The molecular formula is C28H32N6O10Se. The Labute approximate surface area is 261 Å². The summed E-state index contributed by atoms with van der Waals surface area (Å²) in [6.07, 6.45) is -4.87. The number of phenolic OH excluding ortho intramolecular Hbond substituents is 2. The van der Waals surface area contributed by atoms with Crippen LogP contribution in [0.5, 0.6) is 11.5 Å². The van der Waals surface area contributed by atoms with Gasteiger partial charge in [-0.15, -0.1) is 0 Å². The summed E-state index contributed by atoms with van der Waals surface area (Å²) in [7, 11) is 0. The number of aromatic nitrogens is 6. The number of aliphatic hydroxyl groups is 6. The Morgan fingerprint density at radius 1 is 0.644 bits per heavy atom. The zero-order valence-corrected chi connectivity index (χ0v) is 25.2. The fourth-order valence-corrected chi connectivity index (χ4v) is 8.33. The first-order valence-electron chi connectivity index (χ1n) is 14.0. The van der Waals surface area contributed by atoms with Gasteiger partial charge in [-0.2, -0.15) is 0 Å². The van der Waals surface area contributed by atoms with Crippen LogP contribution in [0.2, 0.25) is 0 Å². The van der Waals surface area contributed by atoms with Crippen LogP contribution in [0, 0.1) is 0 Å². The second kappa shape index (κ2) is 13.1. The molecule has 2 fully saturated rings. The minimum atomic E-state index is -1.40. The summed E-state index contributed by atoms with van der Waals surface area (Å²) in [4.78, 5) is 0. The third-order valence-electron chi connectivity index (χ3n) is 7.88. The van der Waals surface area contributed by atoms with E-state index in [1.807, 2.05) is 0 Å². The van der Waals surface area contributed by atoms with Crippen molar-refractivity contribution in [3.63, 3.8) is 0 Å². The van der Waals surface area contributed by atoms with Crippen molar-refractivity contribution in [1.82, 2.24) is 30.0 Å². The average molecular weight is 692 g/mol. The van der Waals surface area contributed by atoms with E-state index in [1.165, 1.54) is 46.0 Å². The van der Waals surface area contributed by atoms with Crippen LogP contribution in [-0.2, 0) is 9.47 Å². The van der Waals surface area contributed by atoms with E-state index in [-0.39, 0.29) is 11.5 Å². The van der Waals surface area contributed by atoms with Gasteiger partial charge in [-0.05, 0) is 0 Å². The Balaban J connectivity index is 1.25. The predicted molar refractivity (Wildman–Crippen MR) is 154 cm³/mol. The van der Waals surface area contributed by atoms with Crippen molar-refractivity contribution in [3.05, 3.63) is 60.9 Å². The van der Waals surface area contributed by atoms with Crippen LogP contribution < -0.4 is 0 Å². The van der Waals surface area contributed by atoms with E-state index in [9.17, 15) is 40.9 Å². The van der Waals surface area contributed by atoms with Gasteiger partial charge in [0, 0.05) is 0 Å². The molecule has 16 nitrogen and oxygen atoms in total. The first-order valence-corrected chi connectivity index (χ1v) is 16.0. The fraction of sp³-hybridized carbons (Fsp3) is 0.429. The summed E-state index contributed by atoms with van der Waals surface area (Å²) in [5.41, 5.74) is 1.84. The van der Waals surface area contributed by atoms with Crippen molar-refractivity contribution in [2.45, 2.75) is 58.7 Å². The van der Waals surface area contributed by atoms with Crippen LogP contribution in [0.25, 0.3) is 22.5 Å². The van der Waals surface area contributed by atoms with Gasteiger partial charge in [-0.1, -0.05) is 0 Å². The van der Waals surface area contributed by atoms with E-state index in [0.717, 1.165) is 0 Å². The first-order chi connectivity index (χ1) is 21.7. The van der Waals surface area contributed by atoms with Gasteiger partial charge >= 0.3 is 262 Å². The predicted octanol–water partition coefficient (Wildman–Crippen LogP) is -2.02. The molecule has 17 heteroatoms. The van der Waals surface area contributed by atoms with Crippen LogP contribution >= 0.6 is 0 Å². The van der Waals surface area contributed by atoms with E-state index < -0.39 is 86.9 Å². The average Bonchev–Trinajstić information content (AvgIpc) is 3.71. The molecule has 0 saturated carbocycles. The van der Waals surface area contributed by atoms with Crippen molar-refractivity contribution in [2.24, 2.45) is 0 Å². The number of nitrogens with zero attached hydrogens (tertiary/aromatic N) is 6. The number of rotatable bonds is 8. The molecule has 0 spiro atoms. The summed E-state index contributed by atoms with van der Waals surface area (Å²) in [6, 6.07) is 10.4. The Morgan fingerprint density at radius 3 is 1.44 bits per heavy atom. The van der Waals surface area contributed by atoms with Crippen molar-refractivity contribution >= 4 is 15.0 Å². The molecule has 2 aromatic heterocycles. The third-order valence-corrected chi connectivity index (χ3v) is 10.6. The number of phenols is 2. The van der Waals surface area contributed by atoms with Crippen LogP contribution in [0.15, 0.2) is 60.9 Å². The van der Waals surface area contributed by atoms with Gasteiger partial charge in [-0.25, -0.2) is 0 Å². The maximum absolute atomic E-state index is 11.5. The summed E-state index contributed by atoms with van der Waals surface area (Å²) < 4.78 is 14.3. The van der Waals surface area contributed by atoms with Gasteiger partial charge in [0.1, 0.15) is 0 Å². The summed E-state index contributed by atoms with van der Waals surface area (Å²) in [5, 5.41) is 98.9. The van der Waals surface area contributed by atoms with E-state index in [0.29, 0.717) is 22.5 Å². The molecule has 6 rings (SSSR count). The molecule has 0 amide bonds. The molecule has 0 radical (unpaired) electrons. The molecule has 10 atom stereocenters. The van der Waals surface area contributed by atoms with Crippen LogP contribution in [-0.4, -0.2) is 146 Å². The minimum absolute atomic E-state index is 0.0217. The van der Waals surface area contributed by atoms with Crippen molar-refractivity contribution < 1.29 is 50.3 Å². The number of aliphatic hydroxyl groups excluding tert-OH is 6. The van der Waals surface area contributed by atoms with E-state index in [2.05, 4.69) is 20.6 Å². The zero-order chi connectivity index (χ0) is 31.8. The fourth-order valence-electron chi connectivity index (χ4n) is 5.56. The van der Waals surface area contributed by atoms with Crippen LogP contribution in [0.3, 0.4) is 0 Å². The quantitative estimate of drug-likeness (QED) is 0.0931. The molecule has 4 heterocycles. The monoisotopic (exact) mass is 692 g/mol. The SMILES string of the molecule is OCC1O[C@@H]([Se][C@@H]2OC(CO)[C@H](O)[C@H](n3cc(-c4cccc(O)c4)nn3)C2O)[C@H](O)C(n2cc(-c3cccc(O)c3)nn2)[C@H]1O. The molecule has 4 aromatic rings. The Kier molecular flexibility index (Phi) is 9.17. The van der Waals surface area contributed by atoms with Gasteiger partial charge in [0.05, 0.1) is 0 Å². The van der Waals surface area contributed by atoms with Gasteiger partial charge in [0.15, 0.2) is 0 Å². The second-order valence-corrected chi connectivity index (χ2v) is 13.3. The number of benzene rings is 2. The first kappa shape index (κ1) is 31.5. The second-order valence-electron chi connectivity index (χ2n) is 10.8. The third kappa shape index (κ3) is 6.19. The molecule has 0 aliphatic carbocycles.